The number of methoxy groups -OCH3 is 1. The quantitative estimate of drug-likeness (QED) is 0.412. The number of nitrogens with zero attached hydrogens (tertiary/aromatic N) is 1. The second kappa shape index (κ2) is 7.59. The molecule has 0 aliphatic carbocycles. The van der Waals surface area contributed by atoms with Gasteiger partial charge in [0.1, 0.15) is 5.65 Å². The summed E-state index contributed by atoms with van der Waals surface area (Å²) in [6.45, 7) is 2.35. The summed E-state index contributed by atoms with van der Waals surface area (Å²) >= 11 is 6.02. The van der Waals surface area contributed by atoms with Gasteiger partial charge in [-0.25, -0.2) is 4.98 Å². The average molecular weight is 377 g/mol. The predicted molar refractivity (Wildman–Crippen MR) is 97.9 cm³/mol. The van der Waals surface area contributed by atoms with E-state index in [-0.39, 0.29) is 16.8 Å². The number of ether oxygens (including phenoxy) is 1. The number of H-pyrrole nitrogens is 1. The molecule has 9 heteroatoms. The molecule has 0 radical (unpaired) electrons. The third kappa shape index (κ3) is 3.29. The molecule has 26 heavy (non-hydrogen) atoms. The van der Waals surface area contributed by atoms with Gasteiger partial charge in [-0.05, 0) is 13.0 Å². The van der Waals surface area contributed by atoms with Gasteiger partial charge in [-0.2, -0.15) is 0 Å². The Kier molecular flexibility index (Phi) is 5.24. The number of pyridine rings is 1. The highest BCUT2D eigenvalue weighted by Gasteiger charge is 2.24. The van der Waals surface area contributed by atoms with Crippen molar-refractivity contribution < 1.29 is 18.7 Å². The van der Waals surface area contributed by atoms with Crippen molar-refractivity contribution >= 4 is 46.2 Å². The van der Waals surface area contributed by atoms with Crippen molar-refractivity contribution in [2.75, 3.05) is 24.4 Å². The minimum atomic E-state index is -0.390. The smallest absolute Gasteiger partial charge is 0.232 e. The van der Waals surface area contributed by atoms with Crippen LogP contribution in [0.3, 0.4) is 0 Å². The van der Waals surface area contributed by atoms with E-state index in [2.05, 4.69) is 20.6 Å². The summed E-state index contributed by atoms with van der Waals surface area (Å²) in [4.78, 5) is 31.0. The minimum Gasteiger partial charge on any atom is -0.459 e. The first-order valence-electron chi connectivity index (χ1n) is 7.80. The number of carbonyl (C=O) groups excluding carboxylic acids is 2. The van der Waals surface area contributed by atoms with Crippen LogP contribution in [0.15, 0.2) is 29.1 Å². The minimum absolute atomic E-state index is 0.0391. The summed E-state index contributed by atoms with van der Waals surface area (Å²) in [5.41, 5.74) is 1.80. The molecular weight excluding hydrogens is 360 g/mol. The van der Waals surface area contributed by atoms with Crippen LogP contribution in [0.1, 0.15) is 23.0 Å². The van der Waals surface area contributed by atoms with E-state index >= 15 is 0 Å². The number of hydrogen-bond acceptors (Lipinski definition) is 6. The molecule has 3 rings (SSSR count). The SMILES string of the molecule is COCC(C)Nc1c(NC=O)cnc2[nH]cc(C(=O)c3occc3Cl)c12. The Balaban J connectivity index is 2.16. The maximum atomic E-state index is 12.9. The van der Waals surface area contributed by atoms with Gasteiger partial charge >= 0.3 is 0 Å². The summed E-state index contributed by atoms with van der Waals surface area (Å²) < 4.78 is 10.4. The Labute approximate surface area is 153 Å². The third-order valence-electron chi connectivity index (χ3n) is 3.79. The van der Waals surface area contributed by atoms with Gasteiger partial charge in [0, 0.05) is 19.3 Å². The van der Waals surface area contributed by atoms with Gasteiger partial charge < -0.3 is 24.8 Å². The van der Waals surface area contributed by atoms with Gasteiger partial charge in [0.05, 0.1) is 46.4 Å². The van der Waals surface area contributed by atoms with Gasteiger partial charge in [0.2, 0.25) is 12.2 Å². The molecule has 3 aromatic rings. The van der Waals surface area contributed by atoms with E-state index in [1.165, 1.54) is 24.7 Å². The molecule has 1 amide bonds. The monoisotopic (exact) mass is 376 g/mol. The van der Waals surface area contributed by atoms with Gasteiger partial charge in [-0.1, -0.05) is 11.6 Å². The Bertz CT molecular complexity index is 950. The fraction of sp³-hybridized carbons (Fsp3) is 0.235. The summed E-state index contributed by atoms with van der Waals surface area (Å²) in [6, 6.07) is 1.42. The highest BCUT2D eigenvalue weighted by atomic mass is 35.5. The van der Waals surface area contributed by atoms with Crippen molar-refractivity contribution in [3.63, 3.8) is 0 Å². The van der Waals surface area contributed by atoms with E-state index < -0.39 is 5.78 Å². The van der Waals surface area contributed by atoms with E-state index in [4.69, 9.17) is 20.8 Å². The third-order valence-corrected chi connectivity index (χ3v) is 4.09. The van der Waals surface area contributed by atoms with Crippen molar-refractivity contribution in [2.45, 2.75) is 13.0 Å². The molecule has 0 fully saturated rings. The van der Waals surface area contributed by atoms with E-state index in [1.807, 2.05) is 6.92 Å². The van der Waals surface area contributed by atoms with E-state index in [1.54, 1.807) is 7.11 Å². The zero-order valence-corrected chi connectivity index (χ0v) is 14.9. The van der Waals surface area contributed by atoms with Gasteiger partial charge in [0.15, 0.2) is 5.76 Å². The summed E-state index contributed by atoms with van der Waals surface area (Å²) in [5.74, 6) is -0.351. The first-order valence-corrected chi connectivity index (χ1v) is 8.18. The number of furan rings is 1. The molecule has 3 N–H and O–H groups in total. The number of halogens is 1. The highest BCUT2D eigenvalue weighted by Crippen LogP contribution is 2.34. The molecule has 0 saturated carbocycles. The standard InChI is InChI=1S/C17H17ClN4O4/c1-9(7-25-2)22-14-12(21-8-23)6-20-17-13(14)10(5-19-17)15(24)16-11(18)3-4-26-16/h3-6,8-9H,7H2,1-2H3,(H,21,23)(H2,19,20,22). The van der Waals surface area contributed by atoms with Crippen molar-refractivity contribution in [1.29, 1.82) is 0 Å². The van der Waals surface area contributed by atoms with Crippen LogP contribution in [0.5, 0.6) is 0 Å². The molecule has 1 unspecified atom stereocenters. The molecule has 136 valence electrons. The van der Waals surface area contributed by atoms with E-state index in [0.717, 1.165) is 0 Å². The number of fused-ring (bicyclic) bond motifs is 1. The molecule has 0 bridgehead atoms. The lowest BCUT2D eigenvalue weighted by molar-refractivity contribution is -0.105. The van der Waals surface area contributed by atoms with Crippen LogP contribution in [-0.4, -0.2) is 41.9 Å². The van der Waals surface area contributed by atoms with Gasteiger partial charge in [0.25, 0.3) is 0 Å². The van der Waals surface area contributed by atoms with Crippen LogP contribution < -0.4 is 10.6 Å². The largest absolute Gasteiger partial charge is 0.459 e. The molecule has 8 nitrogen and oxygen atoms in total. The van der Waals surface area contributed by atoms with Gasteiger partial charge in [-0.3, -0.25) is 9.59 Å². The summed E-state index contributed by atoms with van der Waals surface area (Å²) in [5, 5.41) is 6.60. The Morgan fingerprint density at radius 3 is 3.00 bits per heavy atom. The highest BCUT2D eigenvalue weighted by molar-refractivity contribution is 6.35. The Morgan fingerprint density at radius 2 is 2.35 bits per heavy atom. The fourth-order valence-corrected chi connectivity index (χ4v) is 2.90. The molecule has 3 heterocycles. The molecule has 0 saturated heterocycles. The lowest BCUT2D eigenvalue weighted by atomic mass is 10.1. The summed E-state index contributed by atoms with van der Waals surface area (Å²) in [6.07, 6.45) is 4.94. The first kappa shape index (κ1) is 18.0. The number of nitrogens with one attached hydrogen (secondary N) is 3. The normalized spacial score (nSPS) is 12.1. The summed E-state index contributed by atoms with van der Waals surface area (Å²) in [7, 11) is 1.59. The van der Waals surface area contributed by atoms with Crippen LogP contribution in [0.2, 0.25) is 5.02 Å². The average Bonchev–Trinajstić information content (AvgIpc) is 3.23. The Morgan fingerprint density at radius 1 is 1.54 bits per heavy atom. The maximum Gasteiger partial charge on any atom is 0.232 e. The molecule has 0 aromatic carbocycles. The van der Waals surface area contributed by atoms with Crippen LogP contribution in [-0.2, 0) is 9.53 Å². The number of aromatic nitrogens is 2. The van der Waals surface area contributed by atoms with Crippen molar-refractivity contribution in [2.24, 2.45) is 0 Å². The molecule has 0 spiro atoms. The number of rotatable bonds is 8. The molecule has 0 aliphatic rings. The Hall–Kier alpha value is -2.84. The van der Waals surface area contributed by atoms with Crippen LogP contribution in [0.25, 0.3) is 11.0 Å². The topological polar surface area (TPSA) is 109 Å². The van der Waals surface area contributed by atoms with Crippen LogP contribution >= 0.6 is 11.6 Å². The number of anilines is 2. The molecular formula is C17H17ClN4O4. The number of carbonyl (C=O) groups is 2. The van der Waals surface area contributed by atoms with Crippen molar-refractivity contribution in [3.05, 3.63) is 41.1 Å². The van der Waals surface area contributed by atoms with Gasteiger partial charge in [-0.15, -0.1) is 0 Å². The molecule has 0 aliphatic heterocycles. The number of aromatic amines is 1. The van der Waals surface area contributed by atoms with E-state index in [0.29, 0.717) is 41.0 Å². The lowest BCUT2D eigenvalue weighted by Gasteiger charge is -2.18. The molecule has 1 atom stereocenters. The second-order valence-corrected chi connectivity index (χ2v) is 6.07. The lowest BCUT2D eigenvalue weighted by Crippen LogP contribution is -2.22. The zero-order valence-electron chi connectivity index (χ0n) is 14.1. The maximum absolute atomic E-state index is 12.9. The predicted octanol–water partition coefficient (Wildman–Crippen LogP) is 3.06. The number of hydrogen-bond donors (Lipinski definition) is 3. The van der Waals surface area contributed by atoms with E-state index in [9.17, 15) is 9.59 Å². The number of ketones is 1. The first-order chi connectivity index (χ1) is 12.6. The number of amides is 1. The van der Waals surface area contributed by atoms with Crippen LogP contribution in [0, 0.1) is 0 Å². The fourth-order valence-electron chi connectivity index (χ4n) is 2.71. The molecule has 3 aromatic heterocycles. The van der Waals surface area contributed by atoms with Crippen molar-refractivity contribution in [3.8, 4) is 0 Å². The van der Waals surface area contributed by atoms with Crippen molar-refractivity contribution in [1.82, 2.24) is 9.97 Å². The second-order valence-electron chi connectivity index (χ2n) is 5.66. The zero-order chi connectivity index (χ0) is 18.7. The van der Waals surface area contributed by atoms with Crippen LogP contribution in [0.4, 0.5) is 11.4 Å².